The highest BCUT2D eigenvalue weighted by Gasteiger charge is 2.30. The van der Waals surface area contributed by atoms with E-state index < -0.39 is 12.0 Å². The van der Waals surface area contributed by atoms with E-state index in [1.165, 1.54) is 6.07 Å². The fourth-order valence-electron chi connectivity index (χ4n) is 3.28. The molecule has 0 bridgehead atoms. The van der Waals surface area contributed by atoms with Crippen molar-refractivity contribution >= 4 is 5.97 Å². The third-order valence-electron chi connectivity index (χ3n) is 4.63. The predicted octanol–water partition coefficient (Wildman–Crippen LogP) is 2.47. The minimum atomic E-state index is -0.897. The van der Waals surface area contributed by atoms with Gasteiger partial charge in [0.25, 0.3) is 0 Å². The molecule has 1 aliphatic rings. The first-order valence-electron chi connectivity index (χ1n) is 8.39. The minimum absolute atomic E-state index is 0.311. The van der Waals surface area contributed by atoms with Gasteiger partial charge < -0.3 is 5.11 Å². The lowest BCUT2D eigenvalue weighted by atomic mass is 10.0. The molecule has 6 heteroatoms. The largest absolute Gasteiger partial charge is 0.480 e. The summed E-state index contributed by atoms with van der Waals surface area (Å²) in [5, 5.41) is 9.68. The first-order chi connectivity index (χ1) is 12.0. The lowest BCUT2D eigenvalue weighted by molar-refractivity contribution is -0.144. The van der Waals surface area contributed by atoms with Gasteiger partial charge in [-0.25, -0.2) is 4.39 Å². The third kappa shape index (κ3) is 4.21. The van der Waals surface area contributed by atoms with Gasteiger partial charge in [0.1, 0.15) is 11.9 Å². The van der Waals surface area contributed by atoms with Crippen LogP contribution in [0.2, 0.25) is 0 Å². The zero-order valence-electron chi connectivity index (χ0n) is 14.2. The number of nitrogens with zero attached hydrogens (tertiary/aromatic N) is 3. The smallest absolute Gasteiger partial charge is 0.325 e. The first kappa shape index (κ1) is 17.5. The molecule has 25 heavy (non-hydrogen) atoms. The highest BCUT2D eigenvalue weighted by molar-refractivity contribution is 5.75. The number of carboxylic acid groups (broad SMARTS) is 1. The summed E-state index contributed by atoms with van der Waals surface area (Å²) in [5.74, 6) is -1.21. The topological polar surface area (TPSA) is 56.7 Å². The predicted molar refractivity (Wildman–Crippen MR) is 92.6 cm³/mol. The molecule has 0 amide bonds. The molecule has 1 aromatic heterocycles. The molecule has 2 aromatic rings. The van der Waals surface area contributed by atoms with E-state index in [0.717, 1.165) is 25.2 Å². The number of hydrogen-bond donors (Lipinski definition) is 1. The second-order valence-corrected chi connectivity index (χ2v) is 6.42. The van der Waals surface area contributed by atoms with Gasteiger partial charge in [-0.2, -0.15) is 0 Å². The van der Waals surface area contributed by atoms with Crippen LogP contribution in [0.15, 0.2) is 42.7 Å². The van der Waals surface area contributed by atoms with Crippen LogP contribution >= 0.6 is 0 Å². The van der Waals surface area contributed by atoms with Gasteiger partial charge in [0.15, 0.2) is 0 Å². The maximum atomic E-state index is 13.5. The van der Waals surface area contributed by atoms with Crippen LogP contribution in [0.25, 0.3) is 0 Å². The molecule has 0 radical (unpaired) electrons. The number of halogens is 1. The van der Waals surface area contributed by atoms with Crippen LogP contribution < -0.4 is 0 Å². The maximum Gasteiger partial charge on any atom is 0.325 e. The molecule has 1 atom stereocenters. The fraction of sp³-hybridized carbons (Fsp3) is 0.368. The maximum absolute atomic E-state index is 13.5. The van der Waals surface area contributed by atoms with Gasteiger partial charge in [-0.05, 0) is 35.7 Å². The molecule has 0 saturated carbocycles. The lowest BCUT2D eigenvalue weighted by Crippen LogP contribution is -2.48. The zero-order valence-corrected chi connectivity index (χ0v) is 14.2. The van der Waals surface area contributed by atoms with E-state index in [1.54, 1.807) is 25.3 Å². The molecule has 3 rings (SSSR count). The van der Waals surface area contributed by atoms with Crippen molar-refractivity contribution in [2.24, 2.45) is 0 Å². The monoisotopic (exact) mass is 343 g/mol. The summed E-state index contributed by atoms with van der Waals surface area (Å²) in [7, 11) is 0. The fourth-order valence-corrected chi connectivity index (χ4v) is 3.28. The van der Waals surface area contributed by atoms with E-state index in [4.69, 9.17) is 0 Å². The molecule has 1 N–H and O–H groups in total. The number of pyridine rings is 1. The molecule has 5 nitrogen and oxygen atoms in total. The van der Waals surface area contributed by atoms with Crippen molar-refractivity contribution in [3.05, 3.63) is 65.2 Å². The molecule has 2 heterocycles. The van der Waals surface area contributed by atoms with Gasteiger partial charge in [0.05, 0.1) is 0 Å². The van der Waals surface area contributed by atoms with Gasteiger partial charge in [-0.3, -0.25) is 19.6 Å². The Kier molecular flexibility index (Phi) is 5.40. The van der Waals surface area contributed by atoms with Crippen LogP contribution in [0, 0.1) is 12.7 Å². The highest BCUT2D eigenvalue weighted by atomic mass is 19.1. The van der Waals surface area contributed by atoms with Crippen molar-refractivity contribution < 1.29 is 14.3 Å². The number of rotatable bonds is 5. The van der Waals surface area contributed by atoms with E-state index in [2.05, 4.69) is 9.88 Å². The van der Waals surface area contributed by atoms with Crippen molar-refractivity contribution in [1.82, 2.24) is 14.8 Å². The molecule has 0 aliphatic carbocycles. The number of benzene rings is 1. The van der Waals surface area contributed by atoms with Gasteiger partial charge in [-0.15, -0.1) is 0 Å². The standard InChI is InChI=1S/C19H22FN3O2/c1-14-11-16(4-5-17(14)20)18(19(24)25)23-9-7-22(8-10-23)13-15-3-2-6-21-12-15/h2-6,11-12,18H,7-10,13H2,1H3,(H,24,25). The SMILES string of the molecule is Cc1cc(C(C(=O)O)N2CCN(Cc3cccnc3)CC2)ccc1F. The molecule has 0 spiro atoms. The lowest BCUT2D eigenvalue weighted by Gasteiger charge is -2.37. The Hall–Kier alpha value is -2.31. The molecule has 1 saturated heterocycles. The Labute approximate surface area is 146 Å². The van der Waals surface area contributed by atoms with E-state index in [1.807, 2.05) is 23.2 Å². The Morgan fingerprint density at radius 3 is 2.64 bits per heavy atom. The van der Waals surface area contributed by atoms with Crippen molar-refractivity contribution in [3.8, 4) is 0 Å². The molecular weight excluding hydrogens is 321 g/mol. The van der Waals surface area contributed by atoms with Gasteiger partial charge in [0, 0.05) is 45.1 Å². The Morgan fingerprint density at radius 1 is 1.28 bits per heavy atom. The molecule has 1 unspecified atom stereocenters. The summed E-state index contributed by atoms with van der Waals surface area (Å²) < 4.78 is 13.5. The van der Waals surface area contributed by atoms with Crippen molar-refractivity contribution in [2.75, 3.05) is 26.2 Å². The summed E-state index contributed by atoms with van der Waals surface area (Å²) in [6.45, 7) is 5.37. The Balaban J connectivity index is 1.66. The van der Waals surface area contributed by atoms with Crippen molar-refractivity contribution in [1.29, 1.82) is 0 Å². The number of hydrogen-bond acceptors (Lipinski definition) is 4. The van der Waals surface area contributed by atoms with Crippen LogP contribution in [0.4, 0.5) is 4.39 Å². The number of piperazine rings is 1. The Bertz CT molecular complexity index is 731. The summed E-state index contributed by atoms with van der Waals surface area (Å²) >= 11 is 0. The second-order valence-electron chi connectivity index (χ2n) is 6.42. The number of aromatic nitrogens is 1. The number of aliphatic carboxylic acids is 1. The average Bonchev–Trinajstić information content (AvgIpc) is 2.60. The van der Waals surface area contributed by atoms with E-state index in [-0.39, 0.29) is 5.82 Å². The molecular formula is C19H22FN3O2. The van der Waals surface area contributed by atoms with E-state index in [9.17, 15) is 14.3 Å². The average molecular weight is 343 g/mol. The molecule has 1 fully saturated rings. The van der Waals surface area contributed by atoms with Crippen LogP contribution in [-0.2, 0) is 11.3 Å². The van der Waals surface area contributed by atoms with Gasteiger partial charge in [-0.1, -0.05) is 18.2 Å². The van der Waals surface area contributed by atoms with E-state index in [0.29, 0.717) is 24.2 Å². The van der Waals surface area contributed by atoms with Gasteiger partial charge in [0.2, 0.25) is 0 Å². The summed E-state index contributed by atoms with van der Waals surface area (Å²) in [5.41, 5.74) is 2.26. The molecule has 132 valence electrons. The first-order valence-corrected chi connectivity index (χ1v) is 8.39. The van der Waals surface area contributed by atoms with Gasteiger partial charge >= 0.3 is 5.97 Å². The van der Waals surface area contributed by atoms with Crippen LogP contribution in [-0.4, -0.2) is 52.0 Å². The molecule has 1 aliphatic heterocycles. The third-order valence-corrected chi connectivity index (χ3v) is 4.63. The Morgan fingerprint density at radius 2 is 2.04 bits per heavy atom. The van der Waals surface area contributed by atoms with Crippen LogP contribution in [0.1, 0.15) is 22.7 Å². The number of carboxylic acids is 1. The number of carbonyl (C=O) groups is 1. The van der Waals surface area contributed by atoms with Crippen molar-refractivity contribution in [2.45, 2.75) is 19.5 Å². The number of aryl methyl sites for hydroxylation is 1. The summed E-state index contributed by atoms with van der Waals surface area (Å²) in [6.07, 6.45) is 3.61. The van der Waals surface area contributed by atoms with E-state index >= 15 is 0 Å². The quantitative estimate of drug-likeness (QED) is 0.904. The van der Waals surface area contributed by atoms with Crippen molar-refractivity contribution in [3.63, 3.8) is 0 Å². The summed E-state index contributed by atoms with van der Waals surface area (Å²) in [4.78, 5) is 20.2. The summed E-state index contributed by atoms with van der Waals surface area (Å²) in [6, 6.07) is 7.78. The zero-order chi connectivity index (χ0) is 17.8. The van der Waals surface area contributed by atoms with Crippen LogP contribution in [0.5, 0.6) is 0 Å². The second kappa shape index (κ2) is 7.72. The van der Waals surface area contributed by atoms with Crippen LogP contribution in [0.3, 0.4) is 0 Å². The normalized spacial score (nSPS) is 17.4. The highest BCUT2D eigenvalue weighted by Crippen LogP contribution is 2.25. The minimum Gasteiger partial charge on any atom is -0.480 e. The molecule has 1 aromatic carbocycles.